The lowest BCUT2D eigenvalue weighted by Gasteiger charge is -2.48. The third-order valence-corrected chi connectivity index (χ3v) is 4.76. The maximum Gasteiger partial charge on any atom is 0.238 e. The van der Waals surface area contributed by atoms with E-state index in [-0.39, 0.29) is 5.41 Å². The van der Waals surface area contributed by atoms with Crippen LogP contribution in [-0.2, 0) is 0 Å². The van der Waals surface area contributed by atoms with Gasteiger partial charge in [-0.3, -0.25) is 0 Å². The van der Waals surface area contributed by atoms with Crippen LogP contribution in [0.5, 0.6) is 0 Å². The molecule has 6 heteroatoms. The monoisotopic (exact) mass is 270 g/mol. The summed E-state index contributed by atoms with van der Waals surface area (Å²) in [7, 11) is 3.88. The van der Waals surface area contributed by atoms with Crippen LogP contribution in [0.1, 0.15) is 27.2 Å². The molecule has 0 aromatic carbocycles. The molecule has 1 fully saturated rings. The lowest BCUT2D eigenvalue weighted by molar-refractivity contribution is -0.0648. The van der Waals surface area contributed by atoms with Crippen LogP contribution in [0, 0.1) is 5.41 Å². The Morgan fingerprint density at radius 3 is 2.50 bits per heavy atom. The molecule has 2 rings (SSSR count). The summed E-state index contributed by atoms with van der Waals surface area (Å²) in [4.78, 5) is 8.66. The van der Waals surface area contributed by atoms with E-state index in [9.17, 15) is 5.11 Å². The molecule has 0 amide bonds. The SMILES string of the molecule is CN(C)c1nsc(N2CC[C@](C)(O)C(C)(C)C2)n1. The van der Waals surface area contributed by atoms with Crippen molar-refractivity contribution in [3.63, 3.8) is 0 Å². The molecular formula is C12H22N4OS. The number of hydrogen-bond acceptors (Lipinski definition) is 6. The summed E-state index contributed by atoms with van der Waals surface area (Å²) in [6.07, 6.45) is 0.761. The molecule has 18 heavy (non-hydrogen) atoms. The van der Waals surface area contributed by atoms with Crippen LogP contribution in [-0.4, -0.2) is 47.2 Å². The van der Waals surface area contributed by atoms with Crippen molar-refractivity contribution in [2.45, 2.75) is 32.8 Å². The highest BCUT2D eigenvalue weighted by molar-refractivity contribution is 7.09. The van der Waals surface area contributed by atoms with Crippen molar-refractivity contribution in [3.8, 4) is 0 Å². The zero-order chi connectivity index (χ0) is 13.6. The highest BCUT2D eigenvalue weighted by Crippen LogP contribution is 2.40. The quantitative estimate of drug-likeness (QED) is 0.884. The average Bonchev–Trinajstić information content (AvgIpc) is 2.71. The van der Waals surface area contributed by atoms with E-state index < -0.39 is 5.60 Å². The summed E-state index contributed by atoms with van der Waals surface area (Å²) in [5, 5.41) is 11.3. The molecule has 0 spiro atoms. The second-order valence-electron chi connectivity index (χ2n) is 6.10. The normalized spacial score (nSPS) is 27.3. The molecule has 1 aliphatic heterocycles. The Bertz CT molecular complexity index is 427. The predicted molar refractivity (Wildman–Crippen MR) is 75.5 cm³/mol. The van der Waals surface area contributed by atoms with E-state index >= 15 is 0 Å². The molecule has 1 aliphatic rings. The van der Waals surface area contributed by atoms with Crippen LogP contribution in [0.15, 0.2) is 0 Å². The Hall–Kier alpha value is -0.880. The Morgan fingerprint density at radius 1 is 1.33 bits per heavy atom. The van der Waals surface area contributed by atoms with Gasteiger partial charge in [-0.05, 0) is 13.3 Å². The van der Waals surface area contributed by atoms with Gasteiger partial charge in [0.15, 0.2) is 0 Å². The fourth-order valence-corrected chi connectivity index (χ4v) is 2.86. The predicted octanol–water partition coefficient (Wildman–Crippen LogP) is 1.59. The number of rotatable bonds is 2. The molecule has 0 radical (unpaired) electrons. The van der Waals surface area contributed by atoms with Crippen molar-refractivity contribution in [3.05, 3.63) is 0 Å². The van der Waals surface area contributed by atoms with Gasteiger partial charge in [0.1, 0.15) is 0 Å². The molecule has 0 bridgehead atoms. The molecule has 1 N–H and O–H groups in total. The van der Waals surface area contributed by atoms with Crippen LogP contribution in [0.25, 0.3) is 0 Å². The number of hydrogen-bond donors (Lipinski definition) is 1. The maximum absolute atomic E-state index is 10.4. The Balaban J connectivity index is 2.16. The number of nitrogens with zero attached hydrogens (tertiary/aromatic N) is 4. The van der Waals surface area contributed by atoms with E-state index in [1.807, 2.05) is 25.9 Å². The van der Waals surface area contributed by atoms with E-state index in [1.54, 1.807) is 0 Å². The molecule has 1 aromatic rings. The molecule has 1 aromatic heterocycles. The van der Waals surface area contributed by atoms with Gasteiger partial charge in [-0.25, -0.2) is 0 Å². The van der Waals surface area contributed by atoms with Crippen molar-refractivity contribution in [2.75, 3.05) is 37.0 Å². The first-order chi connectivity index (χ1) is 8.23. The van der Waals surface area contributed by atoms with Gasteiger partial charge in [-0.2, -0.15) is 9.36 Å². The summed E-state index contributed by atoms with van der Waals surface area (Å²) in [5.74, 6) is 0.755. The van der Waals surface area contributed by atoms with Crippen LogP contribution >= 0.6 is 11.5 Å². The number of aliphatic hydroxyl groups is 1. The first-order valence-electron chi connectivity index (χ1n) is 6.21. The zero-order valence-electron chi connectivity index (χ0n) is 11.8. The van der Waals surface area contributed by atoms with Gasteiger partial charge in [0.05, 0.1) is 5.60 Å². The lowest BCUT2D eigenvalue weighted by Crippen LogP contribution is -2.55. The first kappa shape index (κ1) is 13.5. The molecule has 1 saturated heterocycles. The Kier molecular flexibility index (Phi) is 3.27. The molecular weight excluding hydrogens is 248 g/mol. The van der Waals surface area contributed by atoms with Crippen molar-refractivity contribution >= 4 is 22.6 Å². The fraction of sp³-hybridized carbons (Fsp3) is 0.833. The topological polar surface area (TPSA) is 52.5 Å². The van der Waals surface area contributed by atoms with Crippen molar-refractivity contribution in [2.24, 2.45) is 5.41 Å². The smallest absolute Gasteiger partial charge is 0.238 e. The van der Waals surface area contributed by atoms with Crippen LogP contribution in [0.2, 0.25) is 0 Å². The van der Waals surface area contributed by atoms with E-state index in [2.05, 4.69) is 28.1 Å². The average molecular weight is 270 g/mol. The minimum atomic E-state index is -0.613. The molecule has 102 valence electrons. The summed E-state index contributed by atoms with van der Waals surface area (Å²) in [5.41, 5.74) is -0.756. The Labute approximate surface area is 113 Å². The standard InChI is InChI=1S/C12H22N4OS/c1-11(2)8-16(7-6-12(11,3)17)10-13-9(14-18-10)15(4)5/h17H,6-8H2,1-5H3/t12-/m0/s1. The minimum Gasteiger partial charge on any atom is -0.389 e. The van der Waals surface area contributed by atoms with E-state index in [0.717, 1.165) is 30.6 Å². The van der Waals surface area contributed by atoms with Crippen LogP contribution in [0.4, 0.5) is 11.1 Å². The summed E-state index contributed by atoms with van der Waals surface area (Å²) in [6.45, 7) is 7.77. The highest BCUT2D eigenvalue weighted by Gasteiger charge is 2.44. The van der Waals surface area contributed by atoms with Crippen LogP contribution < -0.4 is 9.80 Å². The second-order valence-corrected chi connectivity index (χ2v) is 6.83. The first-order valence-corrected chi connectivity index (χ1v) is 6.99. The van der Waals surface area contributed by atoms with Gasteiger partial charge in [-0.15, -0.1) is 0 Å². The number of anilines is 2. The van der Waals surface area contributed by atoms with Gasteiger partial charge in [0, 0.05) is 44.1 Å². The second kappa shape index (κ2) is 4.35. The Morgan fingerprint density at radius 2 is 2.00 bits per heavy atom. The molecule has 2 heterocycles. The summed E-state index contributed by atoms with van der Waals surface area (Å²) in [6, 6.07) is 0. The van der Waals surface area contributed by atoms with Gasteiger partial charge in [-0.1, -0.05) is 13.8 Å². The van der Waals surface area contributed by atoms with Gasteiger partial charge in [0.25, 0.3) is 0 Å². The van der Waals surface area contributed by atoms with E-state index in [1.165, 1.54) is 11.5 Å². The molecule has 0 aliphatic carbocycles. The van der Waals surface area contributed by atoms with Gasteiger partial charge < -0.3 is 14.9 Å². The molecule has 5 nitrogen and oxygen atoms in total. The zero-order valence-corrected chi connectivity index (χ0v) is 12.6. The summed E-state index contributed by atoms with van der Waals surface area (Å²) >= 11 is 1.43. The lowest BCUT2D eigenvalue weighted by atomic mass is 9.71. The van der Waals surface area contributed by atoms with Gasteiger partial charge >= 0.3 is 0 Å². The van der Waals surface area contributed by atoms with E-state index in [4.69, 9.17) is 0 Å². The van der Waals surface area contributed by atoms with E-state index in [0.29, 0.717) is 0 Å². The van der Waals surface area contributed by atoms with Crippen molar-refractivity contribution in [1.29, 1.82) is 0 Å². The minimum absolute atomic E-state index is 0.144. The third-order valence-electron chi connectivity index (χ3n) is 3.99. The van der Waals surface area contributed by atoms with Gasteiger partial charge in [0.2, 0.25) is 11.1 Å². The maximum atomic E-state index is 10.4. The molecule has 0 saturated carbocycles. The van der Waals surface area contributed by atoms with Crippen molar-refractivity contribution < 1.29 is 5.11 Å². The number of piperidine rings is 1. The number of aromatic nitrogens is 2. The third kappa shape index (κ3) is 2.31. The molecule has 1 atom stereocenters. The fourth-order valence-electron chi connectivity index (χ4n) is 2.10. The van der Waals surface area contributed by atoms with Crippen LogP contribution in [0.3, 0.4) is 0 Å². The summed E-state index contributed by atoms with van der Waals surface area (Å²) < 4.78 is 4.33. The molecule has 0 unspecified atom stereocenters. The van der Waals surface area contributed by atoms with Crippen molar-refractivity contribution in [1.82, 2.24) is 9.36 Å². The largest absolute Gasteiger partial charge is 0.389 e. The highest BCUT2D eigenvalue weighted by atomic mass is 32.1.